The molecule has 3 nitrogen and oxygen atoms in total. The Balaban J connectivity index is 2.13. The molecule has 0 aliphatic carbocycles. The van der Waals surface area contributed by atoms with Crippen molar-refractivity contribution in [3.8, 4) is 0 Å². The standard InChI is InChI=1S/C14H9Br2NO2/c15-11-6-12(19-14(11)16)13(18)10-3-1-2-8-7-17-5-4-9(8)10/h1-7,13,18H. The quantitative estimate of drug-likeness (QED) is 0.712. The van der Waals surface area contributed by atoms with Gasteiger partial charge in [-0.05, 0) is 54.9 Å². The number of halogens is 2. The second kappa shape index (κ2) is 5.07. The van der Waals surface area contributed by atoms with Gasteiger partial charge in [0.15, 0.2) is 4.67 Å². The van der Waals surface area contributed by atoms with Crippen LogP contribution < -0.4 is 0 Å². The lowest BCUT2D eigenvalue weighted by molar-refractivity contribution is 0.189. The van der Waals surface area contributed by atoms with Crippen molar-refractivity contribution < 1.29 is 9.52 Å². The van der Waals surface area contributed by atoms with Crippen LogP contribution in [0.5, 0.6) is 0 Å². The Labute approximate surface area is 126 Å². The van der Waals surface area contributed by atoms with Gasteiger partial charge in [-0.2, -0.15) is 0 Å². The van der Waals surface area contributed by atoms with Gasteiger partial charge in [0.1, 0.15) is 11.9 Å². The molecule has 19 heavy (non-hydrogen) atoms. The molecule has 5 heteroatoms. The van der Waals surface area contributed by atoms with E-state index in [0.29, 0.717) is 10.4 Å². The molecule has 0 saturated heterocycles. The average Bonchev–Trinajstić information content (AvgIpc) is 2.77. The Morgan fingerprint density at radius 3 is 2.79 bits per heavy atom. The van der Waals surface area contributed by atoms with E-state index in [-0.39, 0.29) is 0 Å². The van der Waals surface area contributed by atoms with Gasteiger partial charge in [0.05, 0.1) is 4.47 Å². The molecular weight excluding hydrogens is 374 g/mol. The molecule has 1 aromatic carbocycles. The minimum absolute atomic E-state index is 0.489. The first-order valence-corrected chi connectivity index (χ1v) is 7.21. The molecule has 0 fully saturated rings. The average molecular weight is 383 g/mol. The van der Waals surface area contributed by atoms with Gasteiger partial charge in [-0.3, -0.25) is 4.98 Å². The van der Waals surface area contributed by atoms with E-state index < -0.39 is 6.10 Å². The monoisotopic (exact) mass is 381 g/mol. The van der Waals surface area contributed by atoms with Crippen LogP contribution in [0.2, 0.25) is 0 Å². The highest BCUT2D eigenvalue weighted by molar-refractivity contribution is 9.13. The summed E-state index contributed by atoms with van der Waals surface area (Å²) in [5.74, 6) is 0.489. The van der Waals surface area contributed by atoms with Crippen molar-refractivity contribution in [2.24, 2.45) is 0 Å². The fraction of sp³-hybridized carbons (Fsp3) is 0.0714. The van der Waals surface area contributed by atoms with Crippen LogP contribution in [0, 0.1) is 0 Å². The summed E-state index contributed by atoms with van der Waals surface area (Å²) < 4.78 is 6.84. The van der Waals surface area contributed by atoms with Crippen molar-refractivity contribution in [3.05, 3.63) is 63.2 Å². The third-order valence-corrected chi connectivity index (χ3v) is 4.65. The van der Waals surface area contributed by atoms with Gasteiger partial charge in [0.25, 0.3) is 0 Å². The number of hydrogen-bond acceptors (Lipinski definition) is 3. The molecule has 3 rings (SSSR count). The maximum atomic E-state index is 10.5. The fourth-order valence-electron chi connectivity index (χ4n) is 2.04. The van der Waals surface area contributed by atoms with Crippen LogP contribution in [-0.2, 0) is 0 Å². The zero-order chi connectivity index (χ0) is 13.4. The Hall–Kier alpha value is -1.17. The SMILES string of the molecule is OC(c1cc(Br)c(Br)o1)c1cccc2cnccc12. The van der Waals surface area contributed by atoms with Gasteiger partial charge < -0.3 is 9.52 Å². The number of aliphatic hydroxyl groups excluding tert-OH is 1. The Kier molecular flexibility index (Phi) is 3.43. The molecule has 1 unspecified atom stereocenters. The lowest BCUT2D eigenvalue weighted by Gasteiger charge is -2.11. The van der Waals surface area contributed by atoms with E-state index in [9.17, 15) is 5.11 Å². The summed E-state index contributed by atoms with van der Waals surface area (Å²) in [5.41, 5.74) is 0.800. The predicted molar refractivity (Wildman–Crippen MR) is 79.9 cm³/mol. The molecule has 2 aromatic heterocycles. The van der Waals surface area contributed by atoms with E-state index in [4.69, 9.17) is 4.42 Å². The molecule has 0 spiro atoms. The lowest BCUT2D eigenvalue weighted by atomic mass is 10.0. The van der Waals surface area contributed by atoms with E-state index >= 15 is 0 Å². The summed E-state index contributed by atoms with van der Waals surface area (Å²) in [7, 11) is 0. The fourth-order valence-corrected chi connectivity index (χ4v) is 2.65. The van der Waals surface area contributed by atoms with E-state index in [1.807, 2.05) is 24.3 Å². The topological polar surface area (TPSA) is 46.3 Å². The van der Waals surface area contributed by atoms with E-state index in [1.165, 1.54) is 0 Å². The van der Waals surface area contributed by atoms with Crippen molar-refractivity contribution in [3.63, 3.8) is 0 Å². The van der Waals surface area contributed by atoms with Crippen molar-refractivity contribution >= 4 is 42.6 Å². The van der Waals surface area contributed by atoms with Gasteiger partial charge in [-0.15, -0.1) is 0 Å². The number of furan rings is 1. The molecule has 96 valence electrons. The first kappa shape index (κ1) is 12.8. The number of benzene rings is 1. The maximum absolute atomic E-state index is 10.5. The first-order chi connectivity index (χ1) is 9.16. The van der Waals surface area contributed by atoms with Crippen LogP contribution in [-0.4, -0.2) is 10.1 Å². The highest BCUT2D eigenvalue weighted by atomic mass is 79.9. The number of fused-ring (bicyclic) bond motifs is 1. The van der Waals surface area contributed by atoms with E-state index in [0.717, 1.165) is 20.8 Å². The first-order valence-electron chi connectivity index (χ1n) is 5.62. The Bertz CT molecular complexity index is 714. The smallest absolute Gasteiger partial charge is 0.183 e. The largest absolute Gasteiger partial charge is 0.450 e. The van der Waals surface area contributed by atoms with Gasteiger partial charge in [0.2, 0.25) is 0 Å². The van der Waals surface area contributed by atoms with Crippen LogP contribution in [0.25, 0.3) is 10.8 Å². The predicted octanol–water partition coefficient (Wildman–Crippen LogP) is 4.43. The maximum Gasteiger partial charge on any atom is 0.183 e. The van der Waals surface area contributed by atoms with Gasteiger partial charge in [-0.25, -0.2) is 0 Å². The lowest BCUT2D eigenvalue weighted by Crippen LogP contribution is -1.99. The van der Waals surface area contributed by atoms with Crippen LogP contribution in [0.3, 0.4) is 0 Å². The zero-order valence-electron chi connectivity index (χ0n) is 9.68. The highest BCUT2D eigenvalue weighted by Gasteiger charge is 2.18. The van der Waals surface area contributed by atoms with E-state index in [1.54, 1.807) is 18.5 Å². The molecule has 3 aromatic rings. The molecule has 2 heterocycles. The minimum atomic E-state index is -0.811. The van der Waals surface area contributed by atoms with Gasteiger partial charge >= 0.3 is 0 Å². The summed E-state index contributed by atoms with van der Waals surface area (Å²) in [6.45, 7) is 0. The second-order valence-corrected chi connectivity index (χ2v) is 5.69. The number of hydrogen-bond donors (Lipinski definition) is 1. The number of rotatable bonds is 2. The van der Waals surface area contributed by atoms with Gasteiger partial charge in [0, 0.05) is 17.8 Å². The van der Waals surface area contributed by atoms with Crippen molar-refractivity contribution in [1.29, 1.82) is 0 Å². The van der Waals surface area contributed by atoms with E-state index in [2.05, 4.69) is 36.8 Å². The van der Waals surface area contributed by atoms with Crippen molar-refractivity contribution in [2.45, 2.75) is 6.10 Å². The zero-order valence-corrected chi connectivity index (χ0v) is 12.8. The third-order valence-electron chi connectivity index (χ3n) is 2.94. The summed E-state index contributed by atoms with van der Waals surface area (Å²) in [4.78, 5) is 4.08. The molecule has 0 saturated carbocycles. The molecule has 0 bridgehead atoms. The summed E-state index contributed by atoms with van der Waals surface area (Å²) in [6.07, 6.45) is 2.68. The summed E-state index contributed by atoms with van der Waals surface area (Å²) in [5, 5.41) is 12.4. The number of nitrogens with zero attached hydrogens (tertiary/aromatic N) is 1. The van der Waals surface area contributed by atoms with Crippen LogP contribution >= 0.6 is 31.9 Å². The van der Waals surface area contributed by atoms with Crippen molar-refractivity contribution in [1.82, 2.24) is 4.98 Å². The Morgan fingerprint density at radius 2 is 2.05 bits per heavy atom. The van der Waals surface area contributed by atoms with Crippen LogP contribution in [0.4, 0.5) is 0 Å². The summed E-state index contributed by atoms with van der Waals surface area (Å²) in [6, 6.07) is 9.40. The van der Waals surface area contributed by atoms with Crippen LogP contribution in [0.1, 0.15) is 17.4 Å². The van der Waals surface area contributed by atoms with Crippen LogP contribution in [0.15, 0.2) is 56.3 Å². The third kappa shape index (κ3) is 2.33. The second-order valence-electron chi connectivity index (χ2n) is 4.12. The minimum Gasteiger partial charge on any atom is -0.450 e. The van der Waals surface area contributed by atoms with Gasteiger partial charge in [-0.1, -0.05) is 18.2 Å². The summed E-state index contributed by atoms with van der Waals surface area (Å²) >= 11 is 6.62. The normalized spacial score (nSPS) is 12.8. The number of aliphatic hydroxyl groups is 1. The molecular formula is C14H9Br2NO2. The molecule has 1 N–H and O–H groups in total. The molecule has 0 aliphatic heterocycles. The number of pyridine rings is 1. The highest BCUT2D eigenvalue weighted by Crippen LogP contribution is 2.34. The molecule has 0 amide bonds. The molecule has 0 aliphatic rings. The van der Waals surface area contributed by atoms with Crippen molar-refractivity contribution in [2.75, 3.05) is 0 Å². The molecule has 0 radical (unpaired) electrons. The Morgan fingerprint density at radius 1 is 1.21 bits per heavy atom. The number of aromatic nitrogens is 1. The molecule has 1 atom stereocenters.